The van der Waals surface area contributed by atoms with Crippen LogP contribution in [0.15, 0.2) is 22.7 Å². The molecule has 0 spiro atoms. The highest BCUT2D eigenvalue weighted by atomic mass is 79.9. The number of carbonyl (C=O) groups is 1. The van der Waals surface area contributed by atoms with Crippen LogP contribution in [0, 0.1) is 17.7 Å². The highest BCUT2D eigenvalue weighted by molar-refractivity contribution is 9.10. The number of carbonyl (C=O) groups excluding carboxylic acids is 1. The highest BCUT2D eigenvalue weighted by Crippen LogP contribution is 2.30. The topological polar surface area (TPSA) is 29.1 Å². The summed E-state index contributed by atoms with van der Waals surface area (Å²) < 4.78 is 13.5. The molecule has 0 radical (unpaired) electrons. The van der Waals surface area contributed by atoms with Gasteiger partial charge in [-0.1, -0.05) is 26.7 Å². The van der Waals surface area contributed by atoms with Crippen molar-refractivity contribution < 1.29 is 9.18 Å². The molecule has 2 rings (SSSR count). The zero-order valence-corrected chi connectivity index (χ0v) is 12.8. The van der Waals surface area contributed by atoms with Gasteiger partial charge in [-0.3, -0.25) is 4.79 Å². The van der Waals surface area contributed by atoms with Crippen LogP contribution < -0.4 is 5.32 Å². The van der Waals surface area contributed by atoms with Crippen molar-refractivity contribution in [3.8, 4) is 0 Å². The Labute approximate surface area is 121 Å². The first-order valence-corrected chi connectivity index (χ1v) is 7.54. The number of hydrogen-bond acceptors (Lipinski definition) is 1. The van der Waals surface area contributed by atoms with Crippen molar-refractivity contribution in [3.05, 3.63) is 34.1 Å². The predicted molar refractivity (Wildman–Crippen MR) is 77.5 cm³/mol. The van der Waals surface area contributed by atoms with E-state index < -0.39 is 0 Å². The Morgan fingerprint density at radius 1 is 1.37 bits per heavy atom. The van der Waals surface area contributed by atoms with Gasteiger partial charge in [-0.15, -0.1) is 0 Å². The minimum Gasteiger partial charge on any atom is -0.349 e. The molecule has 1 saturated carbocycles. The van der Waals surface area contributed by atoms with Gasteiger partial charge in [-0.05, 0) is 52.4 Å². The number of rotatable bonds is 2. The van der Waals surface area contributed by atoms with Gasteiger partial charge in [0.15, 0.2) is 0 Å². The van der Waals surface area contributed by atoms with Crippen molar-refractivity contribution in [2.45, 2.75) is 39.2 Å². The fourth-order valence-corrected chi connectivity index (χ4v) is 3.24. The first kappa shape index (κ1) is 14.5. The summed E-state index contributed by atoms with van der Waals surface area (Å²) in [5.41, 5.74) is 0.492. The van der Waals surface area contributed by atoms with Crippen LogP contribution in [0.4, 0.5) is 4.39 Å². The Balaban J connectivity index is 2.08. The highest BCUT2D eigenvalue weighted by Gasteiger charge is 2.28. The van der Waals surface area contributed by atoms with Crippen LogP contribution in [-0.4, -0.2) is 11.9 Å². The van der Waals surface area contributed by atoms with E-state index in [9.17, 15) is 9.18 Å². The maximum atomic E-state index is 13.0. The van der Waals surface area contributed by atoms with Crippen LogP contribution in [0.5, 0.6) is 0 Å². The lowest BCUT2D eigenvalue weighted by Gasteiger charge is -2.34. The summed E-state index contributed by atoms with van der Waals surface area (Å²) in [7, 11) is 0. The Kier molecular flexibility index (Phi) is 4.61. The third-order valence-corrected chi connectivity index (χ3v) is 4.86. The minimum absolute atomic E-state index is 0.127. The van der Waals surface area contributed by atoms with Gasteiger partial charge < -0.3 is 5.32 Å². The SMILES string of the molecule is C[C@H]1[C@H](C)CCC[C@@H]1NC(=O)c1ccc(F)cc1Br. The first-order valence-electron chi connectivity index (χ1n) is 6.75. The number of benzene rings is 1. The summed E-state index contributed by atoms with van der Waals surface area (Å²) in [6, 6.07) is 4.37. The van der Waals surface area contributed by atoms with E-state index in [1.807, 2.05) is 0 Å². The molecule has 0 aromatic heterocycles. The van der Waals surface area contributed by atoms with Crippen LogP contribution >= 0.6 is 15.9 Å². The second-order valence-corrected chi connectivity index (χ2v) is 6.33. The maximum Gasteiger partial charge on any atom is 0.252 e. The number of nitrogens with one attached hydrogen (secondary N) is 1. The standard InChI is InChI=1S/C15H19BrFNO/c1-9-4-3-5-14(10(9)2)18-15(19)12-7-6-11(17)8-13(12)16/h6-10,14H,3-5H2,1-2H3,(H,18,19)/t9-,10+,14+/m1/s1. The number of amides is 1. The Morgan fingerprint density at radius 3 is 2.79 bits per heavy atom. The third kappa shape index (κ3) is 3.35. The molecule has 1 fully saturated rings. The number of halogens is 2. The van der Waals surface area contributed by atoms with Crippen molar-refractivity contribution in [1.29, 1.82) is 0 Å². The van der Waals surface area contributed by atoms with E-state index in [-0.39, 0.29) is 17.8 Å². The maximum absolute atomic E-state index is 13.0. The molecule has 1 amide bonds. The Morgan fingerprint density at radius 2 is 2.11 bits per heavy atom. The molecule has 19 heavy (non-hydrogen) atoms. The molecule has 0 aliphatic heterocycles. The second kappa shape index (κ2) is 6.04. The fourth-order valence-electron chi connectivity index (χ4n) is 2.71. The lowest BCUT2D eigenvalue weighted by Crippen LogP contribution is -2.43. The van der Waals surface area contributed by atoms with E-state index >= 15 is 0 Å². The third-order valence-electron chi connectivity index (χ3n) is 4.20. The average molecular weight is 328 g/mol. The largest absolute Gasteiger partial charge is 0.349 e. The zero-order valence-electron chi connectivity index (χ0n) is 11.2. The molecule has 104 valence electrons. The summed E-state index contributed by atoms with van der Waals surface area (Å²) >= 11 is 3.24. The van der Waals surface area contributed by atoms with Crippen LogP contribution in [0.2, 0.25) is 0 Å². The van der Waals surface area contributed by atoms with E-state index in [1.54, 1.807) is 0 Å². The quantitative estimate of drug-likeness (QED) is 0.868. The molecular weight excluding hydrogens is 309 g/mol. The fraction of sp³-hybridized carbons (Fsp3) is 0.533. The molecule has 4 heteroatoms. The number of hydrogen-bond donors (Lipinski definition) is 1. The van der Waals surface area contributed by atoms with Gasteiger partial charge in [0, 0.05) is 10.5 Å². The van der Waals surface area contributed by atoms with Crippen molar-refractivity contribution in [2.24, 2.45) is 11.8 Å². The molecule has 0 unspecified atom stereocenters. The molecule has 1 aliphatic rings. The monoisotopic (exact) mass is 327 g/mol. The molecule has 0 saturated heterocycles. The molecule has 3 atom stereocenters. The zero-order chi connectivity index (χ0) is 14.0. The molecule has 1 aromatic rings. The van der Waals surface area contributed by atoms with Gasteiger partial charge >= 0.3 is 0 Å². The minimum atomic E-state index is -0.344. The van der Waals surface area contributed by atoms with Gasteiger partial charge in [0.2, 0.25) is 0 Å². The van der Waals surface area contributed by atoms with Gasteiger partial charge in [-0.25, -0.2) is 4.39 Å². The molecular formula is C15H19BrFNO. The molecule has 1 aromatic carbocycles. The molecule has 0 bridgehead atoms. The summed E-state index contributed by atoms with van der Waals surface area (Å²) in [4.78, 5) is 12.2. The molecule has 2 nitrogen and oxygen atoms in total. The predicted octanol–water partition coefficient (Wildman–Crippen LogP) is 4.14. The van der Waals surface area contributed by atoms with E-state index in [1.165, 1.54) is 24.6 Å². The second-order valence-electron chi connectivity index (χ2n) is 5.47. The molecule has 1 N–H and O–H groups in total. The molecule has 1 aliphatic carbocycles. The van der Waals surface area contributed by atoms with E-state index in [0.717, 1.165) is 12.8 Å². The Bertz CT molecular complexity index is 477. The summed E-state index contributed by atoms with van der Waals surface area (Å²) in [5, 5.41) is 3.08. The van der Waals surface area contributed by atoms with Gasteiger partial charge in [0.25, 0.3) is 5.91 Å². The Hall–Kier alpha value is -0.900. The van der Waals surface area contributed by atoms with Crippen LogP contribution in [0.25, 0.3) is 0 Å². The first-order chi connectivity index (χ1) is 8.99. The van der Waals surface area contributed by atoms with Crippen LogP contribution in [0.3, 0.4) is 0 Å². The van der Waals surface area contributed by atoms with Gasteiger partial charge in [-0.2, -0.15) is 0 Å². The smallest absolute Gasteiger partial charge is 0.252 e. The van der Waals surface area contributed by atoms with E-state index in [0.29, 0.717) is 21.9 Å². The van der Waals surface area contributed by atoms with Gasteiger partial charge in [0.05, 0.1) is 5.56 Å². The lowest BCUT2D eigenvalue weighted by molar-refractivity contribution is 0.0890. The molecule has 0 heterocycles. The van der Waals surface area contributed by atoms with Crippen molar-refractivity contribution in [1.82, 2.24) is 5.32 Å². The average Bonchev–Trinajstić information content (AvgIpc) is 2.34. The van der Waals surface area contributed by atoms with Crippen molar-refractivity contribution in [3.63, 3.8) is 0 Å². The van der Waals surface area contributed by atoms with E-state index in [2.05, 4.69) is 35.1 Å². The van der Waals surface area contributed by atoms with Gasteiger partial charge in [0.1, 0.15) is 5.82 Å². The van der Waals surface area contributed by atoms with E-state index in [4.69, 9.17) is 0 Å². The summed E-state index contributed by atoms with van der Waals surface area (Å²) in [5.74, 6) is 0.647. The summed E-state index contributed by atoms with van der Waals surface area (Å²) in [6.07, 6.45) is 3.41. The van der Waals surface area contributed by atoms with Crippen molar-refractivity contribution >= 4 is 21.8 Å². The van der Waals surface area contributed by atoms with Crippen LogP contribution in [-0.2, 0) is 0 Å². The van der Waals surface area contributed by atoms with Crippen LogP contribution in [0.1, 0.15) is 43.5 Å². The normalized spacial score (nSPS) is 27.1. The summed E-state index contributed by atoms with van der Waals surface area (Å²) in [6.45, 7) is 4.42. The lowest BCUT2D eigenvalue weighted by atomic mass is 9.78. The van der Waals surface area contributed by atoms with Crippen molar-refractivity contribution in [2.75, 3.05) is 0 Å².